The Morgan fingerprint density at radius 1 is 1.36 bits per heavy atom. The smallest absolute Gasteiger partial charge is 0.395 e. The van der Waals surface area contributed by atoms with E-state index in [1.807, 2.05) is 4.98 Å². The fourth-order valence-corrected chi connectivity index (χ4v) is 4.08. The van der Waals surface area contributed by atoms with Crippen molar-refractivity contribution in [2.24, 2.45) is 4.74 Å². The van der Waals surface area contributed by atoms with Gasteiger partial charge in [-0.05, 0) is 26.0 Å². The molecule has 0 saturated carbocycles. The van der Waals surface area contributed by atoms with Crippen molar-refractivity contribution >= 4 is 14.1 Å². The molecule has 1 aromatic carbocycles. The van der Waals surface area contributed by atoms with Gasteiger partial charge in [-0.3, -0.25) is 18.9 Å². The van der Waals surface area contributed by atoms with Crippen LogP contribution in [-0.2, 0) is 14.3 Å². The van der Waals surface area contributed by atoms with Gasteiger partial charge in [-0.1, -0.05) is 16.9 Å². The Balaban J connectivity index is 1.70. The summed E-state index contributed by atoms with van der Waals surface area (Å²) in [5.41, 5.74) is -4.01. The highest BCUT2D eigenvalue weighted by Crippen LogP contribution is 2.41. The first-order valence-corrected chi connectivity index (χ1v) is 11.8. The predicted molar refractivity (Wildman–Crippen MR) is 119 cm³/mol. The van der Waals surface area contributed by atoms with E-state index in [2.05, 4.69) is 9.48 Å². The molecule has 0 amide bonds. The molecule has 1 aliphatic rings. The molecule has 1 aromatic heterocycles. The molecule has 0 spiro atoms. The lowest BCUT2D eigenvalue weighted by molar-refractivity contribution is -0.169. The number of aromatic amines is 1. The third-order valence-corrected chi connectivity index (χ3v) is 6.07. The molecule has 15 heteroatoms. The summed E-state index contributed by atoms with van der Waals surface area (Å²) in [6.07, 6.45) is -3.45. The molecule has 0 radical (unpaired) electrons. The zero-order chi connectivity index (χ0) is 26.5. The molecule has 1 saturated heterocycles. The van der Waals surface area contributed by atoms with Crippen LogP contribution in [0.5, 0.6) is 11.5 Å². The van der Waals surface area contributed by atoms with Crippen molar-refractivity contribution in [3.63, 3.8) is 0 Å². The third kappa shape index (κ3) is 6.32. The van der Waals surface area contributed by atoms with Gasteiger partial charge in [0.1, 0.15) is 32.1 Å². The first-order chi connectivity index (χ1) is 17.0. The molecule has 2 heterocycles. The number of rotatable bonds is 10. The van der Waals surface area contributed by atoms with E-state index in [1.54, 1.807) is 12.1 Å². The highest BCUT2D eigenvalue weighted by atomic mass is 31.1. The minimum absolute atomic E-state index is 0.0319. The number of para-hydroxylation sites is 2. The summed E-state index contributed by atoms with van der Waals surface area (Å²) >= 11 is 0. The first-order valence-electron chi connectivity index (χ1n) is 10.7. The Labute approximate surface area is 204 Å². The molecule has 2 aromatic rings. The largest absolute Gasteiger partial charge is 0.575 e. The van der Waals surface area contributed by atoms with Gasteiger partial charge in [0.2, 0.25) is 5.75 Å². The van der Waals surface area contributed by atoms with E-state index >= 15 is 4.39 Å². The Kier molecular flexibility index (Phi) is 8.90. The molecule has 1 aliphatic heterocycles. The molecular weight excluding hydrogens is 507 g/mol. The van der Waals surface area contributed by atoms with Crippen LogP contribution in [0, 0.1) is 0 Å². The van der Waals surface area contributed by atoms with Gasteiger partial charge in [0, 0.05) is 12.3 Å². The Hall–Kier alpha value is -3.19. The van der Waals surface area contributed by atoms with Crippen LogP contribution < -0.4 is 25.4 Å². The monoisotopic (exact) mass is 531 g/mol. The maximum absolute atomic E-state index is 15.3. The quantitative estimate of drug-likeness (QED) is 0.332. The van der Waals surface area contributed by atoms with Gasteiger partial charge >= 0.3 is 19.8 Å². The number of aromatic nitrogens is 2. The van der Waals surface area contributed by atoms with Crippen LogP contribution in [0.2, 0.25) is 0 Å². The van der Waals surface area contributed by atoms with Gasteiger partial charge in [-0.15, -0.1) is 0 Å². The summed E-state index contributed by atoms with van der Waals surface area (Å²) < 4.78 is 52.9. The number of aliphatic hydroxyl groups excluding tert-OH is 1. The predicted octanol–water partition coefficient (Wildman–Crippen LogP) is 0.738. The molecular formula is C21H24F2N3O9P. The SMILES string of the molecule is C[C@H](/N=[P+](\[O-])Oc1ccccc1OC[C@H]1O[C@@H](n2ccc(=O)[nH]c2=O)[C@](C)(F)[C@@H]1O)C(=O)OCCF. The number of benzene rings is 1. The van der Waals surface area contributed by atoms with Gasteiger partial charge in [-0.25, -0.2) is 18.4 Å². The van der Waals surface area contributed by atoms with E-state index in [1.165, 1.54) is 19.1 Å². The Bertz CT molecular complexity index is 1220. The molecule has 196 valence electrons. The lowest BCUT2D eigenvalue weighted by atomic mass is 9.98. The second-order valence-corrected chi connectivity index (χ2v) is 8.76. The molecule has 2 N–H and O–H groups in total. The summed E-state index contributed by atoms with van der Waals surface area (Å²) in [5.74, 6) is -0.859. The molecule has 3 rings (SSSR count). The summed E-state index contributed by atoms with van der Waals surface area (Å²) in [6, 6.07) is 5.79. The average molecular weight is 531 g/mol. The number of alkyl halides is 2. The molecule has 36 heavy (non-hydrogen) atoms. The number of carbonyl (C=O) groups is 1. The molecule has 1 fully saturated rings. The van der Waals surface area contributed by atoms with E-state index in [0.29, 0.717) is 0 Å². The molecule has 12 nitrogen and oxygen atoms in total. The van der Waals surface area contributed by atoms with Crippen LogP contribution in [0.3, 0.4) is 0 Å². The highest BCUT2D eigenvalue weighted by Gasteiger charge is 2.55. The number of aliphatic hydroxyl groups is 1. The van der Waals surface area contributed by atoms with Crippen LogP contribution >= 0.6 is 8.17 Å². The number of ether oxygens (including phenoxy) is 3. The van der Waals surface area contributed by atoms with Crippen molar-refractivity contribution < 1.29 is 42.3 Å². The first kappa shape index (κ1) is 27.4. The third-order valence-electron chi connectivity index (χ3n) is 5.18. The standard InChI is InChI=1S/C21H24F2N3O9P/c1-12(18(29)32-10-8-22)25-36(31)35-14-6-4-3-5-13(14)33-11-15-17(28)21(2,23)19(34-15)26-9-7-16(27)24-20(26)30/h3-7,9,12,15,17,19,28H,8,10-11H2,1-2H3,(H,24,27,30)/t12-,15+,17+,19+,21+/m0/s1. The Morgan fingerprint density at radius 2 is 2.06 bits per heavy atom. The highest BCUT2D eigenvalue weighted by molar-refractivity contribution is 7.34. The maximum atomic E-state index is 15.3. The summed E-state index contributed by atoms with van der Waals surface area (Å²) in [4.78, 5) is 49.3. The van der Waals surface area contributed by atoms with Crippen LogP contribution in [0.4, 0.5) is 8.78 Å². The minimum atomic E-state index is -2.76. The summed E-state index contributed by atoms with van der Waals surface area (Å²) in [7, 11) is -2.76. The molecule has 0 aliphatic carbocycles. The fraction of sp³-hybridized carbons (Fsp3) is 0.476. The van der Waals surface area contributed by atoms with E-state index in [-0.39, 0.29) is 11.5 Å². The molecule has 1 unspecified atom stereocenters. The lowest BCUT2D eigenvalue weighted by Gasteiger charge is -2.24. The number of esters is 1. The van der Waals surface area contributed by atoms with Crippen molar-refractivity contribution in [2.45, 2.75) is 44.0 Å². The average Bonchev–Trinajstić information content (AvgIpc) is 3.05. The zero-order valence-corrected chi connectivity index (χ0v) is 20.1. The zero-order valence-electron chi connectivity index (χ0n) is 19.2. The summed E-state index contributed by atoms with van der Waals surface area (Å²) in [6.45, 7) is 0.641. The topological polar surface area (TPSA) is 164 Å². The van der Waals surface area contributed by atoms with Crippen molar-refractivity contribution in [1.29, 1.82) is 0 Å². The van der Waals surface area contributed by atoms with Gasteiger partial charge in [-0.2, -0.15) is 0 Å². The van der Waals surface area contributed by atoms with E-state index in [9.17, 15) is 28.8 Å². The summed E-state index contributed by atoms with van der Waals surface area (Å²) in [5, 5.41) is 10.5. The Morgan fingerprint density at radius 3 is 2.72 bits per heavy atom. The van der Waals surface area contributed by atoms with E-state index < -0.39 is 75.4 Å². The van der Waals surface area contributed by atoms with Gasteiger partial charge in [0.05, 0.1) is 0 Å². The van der Waals surface area contributed by atoms with Crippen molar-refractivity contribution in [2.75, 3.05) is 19.9 Å². The maximum Gasteiger partial charge on any atom is 0.395 e. The number of halogens is 2. The normalized spacial score (nSPS) is 24.8. The minimum Gasteiger partial charge on any atom is -0.575 e. The van der Waals surface area contributed by atoms with Crippen LogP contribution in [-0.4, -0.2) is 64.4 Å². The molecule has 6 atom stereocenters. The van der Waals surface area contributed by atoms with Crippen LogP contribution in [0.25, 0.3) is 0 Å². The van der Waals surface area contributed by atoms with Crippen molar-refractivity contribution in [1.82, 2.24) is 9.55 Å². The van der Waals surface area contributed by atoms with Gasteiger partial charge < -0.3 is 24.2 Å². The van der Waals surface area contributed by atoms with E-state index in [4.69, 9.17) is 14.0 Å². The number of carbonyl (C=O) groups excluding carboxylic acids is 1. The van der Waals surface area contributed by atoms with Crippen molar-refractivity contribution in [3.8, 4) is 11.5 Å². The number of H-pyrrole nitrogens is 1. The number of hydrogen-bond acceptors (Lipinski definition) is 10. The van der Waals surface area contributed by atoms with Crippen LogP contribution in [0.15, 0.2) is 50.9 Å². The number of nitrogens with zero attached hydrogens (tertiary/aromatic N) is 2. The molecule has 0 bridgehead atoms. The fourth-order valence-electron chi connectivity index (χ4n) is 3.34. The van der Waals surface area contributed by atoms with Gasteiger partial charge in [0.25, 0.3) is 5.56 Å². The second kappa shape index (κ2) is 11.7. The second-order valence-electron chi connectivity index (χ2n) is 7.88. The number of hydrogen-bond donors (Lipinski definition) is 2. The van der Waals surface area contributed by atoms with Crippen molar-refractivity contribution in [3.05, 3.63) is 57.4 Å². The van der Waals surface area contributed by atoms with Crippen LogP contribution in [0.1, 0.15) is 20.1 Å². The lowest BCUT2D eigenvalue weighted by Crippen LogP contribution is -2.43. The van der Waals surface area contributed by atoms with Gasteiger partial charge in [0.15, 0.2) is 23.7 Å². The number of nitrogens with one attached hydrogen (secondary N) is 1. The van der Waals surface area contributed by atoms with E-state index in [0.717, 1.165) is 23.8 Å².